The molecular weight excluding hydrogens is 368 g/mol. The van der Waals surface area contributed by atoms with Gasteiger partial charge in [-0.2, -0.15) is 10.5 Å². The maximum absolute atomic E-state index is 12.9. The second-order valence-corrected chi connectivity index (χ2v) is 6.99. The van der Waals surface area contributed by atoms with Crippen molar-refractivity contribution < 1.29 is 19.7 Å². The summed E-state index contributed by atoms with van der Waals surface area (Å²) in [4.78, 5) is 12.9. The molecule has 0 aromatic heterocycles. The number of allylic oxidation sites excluding steroid dienone is 1. The molecule has 0 bridgehead atoms. The average Bonchev–Trinajstić information content (AvgIpc) is 3.11. The molecule has 0 heterocycles. The molecule has 0 saturated heterocycles. The molecule has 1 aliphatic rings. The first-order valence-corrected chi connectivity index (χ1v) is 9.22. The first-order valence-electron chi connectivity index (χ1n) is 9.22. The highest BCUT2D eigenvalue weighted by atomic mass is 16.5. The Hall–Kier alpha value is -3.45. The molecule has 0 saturated carbocycles. The highest BCUT2D eigenvalue weighted by molar-refractivity contribution is 6.10. The number of rotatable bonds is 6. The molecule has 0 unspecified atom stereocenters. The van der Waals surface area contributed by atoms with E-state index >= 15 is 0 Å². The number of carbonyl (C=O) groups is 1. The van der Waals surface area contributed by atoms with Crippen LogP contribution in [-0.2, 0) is 4.74 Å². The number of ether oxygens (including phenoxy) is 1. The highest BCUT2D eigenvalue weighted by Crippen LogP contribution is 2.47. The summed E-state index contributed by atoms with van der Waals surface area (Å²) >= 11 is 0. The zero-order valence-corrected chi connectivity index (χ0v) is 16.0. The van der Waals surface area contributed by atoms with Gasteiger partial charge in [-0.25, -0.2) is 4.79 Å². The lowest BCUT2D eigenvalue weighted by Gasteiger charge is -2.27. The average molecular weight is 388 g/mol. The van der Waals surface area contributed by atoms with Crippen molar-refractivity contribution in [3.05, 3.63) is 64.7 Å². The van der Waals surface area contributed by atoms with Gasteiger partial charge in [0.2, 0.25) is 0 Å². The van der Waals surface area contributed by atoms with E-state index in [-0.39, 0.29) is 25.4 Å². The molecule has 6 heteroatoms. The summed E-state index contributed by atoms with van der Waals surface area (Å²) in [5, 5.41) is 38.0. The lowest BCUT2D eigenvalue weighted by atomic mass is 9.88. The van der Waals surface area contributed by atoms with Gasteiger partial charge in [0.25, 0.3) is 0 Å². The van der Waals surface area contributed by atoms with E-state index in [9.17, 15) is 25.5 Å². The van der Waals surface area contributed by atoms with Crippen molar-refractivity contribution in [3.8, 4) is 23.3 Å². The van der Waals surface area contributed by atoms with Gasteiger partial charge in [0.15, 0.2) is 0 Å². The number of esters is 1. The lowest BCUT2D eigenvalue weighted by molar-refractivity contribution is -0.0176. The molecule has 29 heavy (non-hydrogen) atoms. The van der Waals surface area contributed by atoms with Crippen molar-refractivity contribution in [3.63, 3.8) is 0 Å². The number of hydrogen-bond acceptors (Lipinski definition) is 6. The Labute approximate surface area is 168 Å². The van der Waals surface area contributed by atoms with Gasteiger partial charge in [-0.1, -0.05) is 43.3 Å². The van der Waals surface area contributed by atoms with Crippen LogP contribution in [0.2, 0.25) is 0 Å². The van der Waals surface area contributed by atoms with Crippen LogP contribution in [0.15, 0.2) is 48.0 Å². The topological polar surface area (TPSA) is 114 Å². The van der Waals surface area contributed by atoms with Crippen LogP contribution in [-0.4, -0.2) is 36.0 Å². The van der Waals surface area contributed by atoms with E-state index in [1.165, 1.54) is 0 Å². The number of hydrogen-bond donors (Lipinski definition) is 2. The van der Waals surface area contributed by atoms with Crippen LogP contribution < -0.4 is 0 Å². The quantitative estimate of drug-likeness (QED) is 0.495. The summed E-state index contributed by atoms with van der Waals surface area (Å²) < 4.78 is 5.45. The van der Waals surface area contributed by atoms with Crippen LogP contribution in [0.25, 0.3) is 16.7 Å². The van der Waals surface area contributed by atoms with Crippen LogP contribution in [0.3, 0.4) is 0 Å². The van der Waals surface area contributed by atoms with Crippen molar-refractivity contribution in [2.75, 3.05) is 19.8 Å². The predicted octanol–water partition coefficient (Wildman–Crippen LogP) is 3.05. The lowest BCUT2D eigenvalue weighted by Crippen LogP contribution is -2.35. The van der Waals surface area contributed by atoms with E-state index in [4.69, 9.17) is 4.74 Å². The Balaban J connectivity index is 2.09. The summed E-state index contributed by atoms with van der Waals surface area (Å²) in [6, 6.07) is 16.2. The van der Waals surface area contributed by atoms with Crippen molar-refractivity contribution in [2.45, 2.75) is 13.3 Å². The molecular formula is C23H20N2O4. The van der Waals surface area contributed by atoms with Gasteiger partial charge in [0.1, 0.15) is 24.3 Å². The summed E-state index contributed by atoms with van der Waals surface area (Å²) in [7, 11) is 0. The molecule has 6 nitrogen and oxygen atoms in total. The van der Waals surface area contributed by atoms with E-state index in [1.54, 1.807) is 25.1 Å². The third-order valence-electron chi connectivity index (χ3n) is 5.42. The molecule has 0 aliphatic heterocycles. The highest BCUT2D eigenvalue weighted by Gasteiger charge is 2.32. The molecule has 2 aromatic rings. The van der Waals surface area contributed by atoms with Gasteiger partial charge >= 0.3 is 5.97 Å². The molecule has 2 N–H and O–H groups in total. The summed E-state index contributed by atoms with van der Waals surface area (Å²) in [6.07, 6.45) is 0.448. The van der Waals surface area contributed by atoms with Crippen LogP contribution in [0, 0.1) is 28.1 Å². The van der Waals surface area contributed by atoms with Crippen molar-refractivity contribution in [1.29, 1.82) is 10.5 Å². The molecule has 146 valence electrons. The molecule has 0 amide bonds. The van der Waals surface area contributed by atoms with Crippen LogP contribution in [0.4, 0.5) is 0 Å². The van der Waals surface area contributed by atoms with Gasteiger partial charge in [0.05, 0.1) is 24.2 Å². The van der Waals surface area contributed by atoms with Gasteiger partial charge in [-0.05, 0) is 29.2 Å². The fourth-order valence-electron chi connectivity index (χ4n) is 3.45. The van der Waals surface area contributed by atoms with Crippen LogP contribution in [0.5, 0.6) is 0 Å². The van der Waals surface area contributed by atoms with Crippen molar-refractivity contribution >= 4 is 11.5 Å². The van der Waals surface area contributed by atoms with E-state index in [2.05, 4.69) is 0 Å². The Kier molecular flexibility index (Phi) is 5.79. The standard InChI is InChI=1S/C23H20N2O4/c1-2-23(12-26,13-27)14-29-22(28)19-9-5-8-18-20(15(10-24)11-25)16-6-3-4-7-17(16)21(18)19/h3-9,26-27H,2,12-14H2,1H3. The summed E-state index contributed by atoms with van der Waals surface area (Å²) in [6.45, 7) is 1.08. The second kappa shape index (κ2) is 8.28. The minimum atomic E-state index is -0.897. The summed E-state index contributed by atoms with van der Waals surface area (Å²) in [5.41, 5.74) is 2.60. The van der Waals surface area contributed by atoms with Gasteiger partial charge in [-0.15, -0.1) is 0 Å². The van der Waals surface area contributed by atoms with E-state index in [1.807, 2.05) is 36.4 Å². The first-order chi connectivity index (χ1) is 14.1. The fraction of sp³-hybridized carbons (Fsp3) is 0.261. The number of benzene rings is 2. The third kappa shape index (κ3) is 3.40. The first kappa shape index (κ1) is 20.3. The minimum absolute atomic E-state index is 0.0210. The Morgan fingerprint density at radius 2 is 1.62 bits per heavy atom. The molecule has 0 spiro atoms. The normalized spacial score (nSPS) is 11.8. The second-order valence-electron chi connectivity index (χ2n) is 6.99. The Morgan fingerprint density at radius 1 is 1.00 bits per heavy atom. The number of nitriles is 2. The van der Waals surface area contributed by atoms with Gasteiger partial charge < -0.3 is 14.9 Å². The molecule has 0 radical (unpaired) electrons. The maximum atomic E-state index is 12.9. The zero-order chi connectivity index (χ0) is 21.0. The van der Waals surface area contributed by atoms with Crippen molar-refractivity contribution in [2.24, 2.45) is 5.41 Å². The number of carbonyl (C=O) groups excluding carboxylic acids is 1. The number of aliphatic hydroxyl groups is 2. The monoisotopic (exact) mass is 388 g/mol. The number of fused-ring (bicyclic) bond motifs is 3. The Bertz CT molecular complexity index is 1040. The zero-order valence-electron chi connectivity index (χ0n) is 16.0. The predicted molar refractivity (Wildman–Crippen MR) is 106 cm³/mol. The van der Waals surface area contributed by atoms with E-state index in [0.29, 0.717) is 28.7 Å². The van der Waals surface area contributed by atoms with Gasteiger partial charge in [0, 0.05) is 11.1 Å². The summed E-state index contributed by atoms with van der Waals surface area (Å²) in [5.74, 6) is -0.590. The molecule has 0 fully saturated rings. The smallest absolute Gasteiger partial charge is 0.338 e. The third-order valence-corrected chi connectivity index (χ3v) is 5.42. The van der Waals surface area contributed by atoms with Crippen LogP contribution >= 0.6 is 0 Å². The largest absolute Gasteiger partial charge is 0.461 e. The SMILES string of the molecule is CCC(CO)(CO)COC(=O)c1cccc2c1-c1ccccc1C2=C(C#N)C#N. The van der Waals surface area contributed by atoms with E-state index < -0.39 is 11.4 Å². The van der Waals surface area contributed by atoms with Gasteiger partial charge in [-0.3, -0.25) is 0 Å². The maximum Gasteiger partial charge on any atom is 0.338 e. The van der Waals surface area contributed by atoms with Crippen LogP contribution in [0.1, 0.15) is 34.8 Å². The fourth-order valence-corrected chi connectivity index (χ4v) is 3.45. The molecule has 2 aromatic carbocycles. The number of aliphatic hydroxyl groups excluding tert-OH is 2. The number of nitrogens with zero attached hydrogens (tertiary/aromatic N) is 2. The molecule has 3 rings (SSSR count). The Morgan fingerprint density at radius 3 is 2.21 bits per heavy atom. The molecule has 1 aliphatic carbocycles. The molecule has 0 atom stereocenters. The van der Waals surface area contributed by atoms with Crippen molar-refractivity contribution in [1.82, 2.24) is 0 Å². The minimum Gasteiger partial charge on any atom is -0.461 e. The van der Waals surface area contributed by atoms with E-state index in [0.717, 1.165) is 11.1 Å².